The van der Waals surface area contributed by atoms with E-state index in [0.29, 0.717) is 13.0 Å². The molecule has 0 bridgehead atoms. The Morgan fingerprint density at radius 2 is 1.96 bits per heavy atom. The molecule has 0 aliphatic heterocycles. The molecular weight excluding hydrogens is 331 g/mol. The van der Waals surface area contributed by atoms with Gasteiger partial charge >= 0.3 is 0 Å². The van der Waals surface area contributed by atoms with Crippen molar-refractivity contribution in [3.8, 4) is 11.8 Å². The van der Waals surface area contributed by atoms with Gasteiger partial charge in [-0.3, -0.25) is 4.79 Å². The zero-order valence-electron chi connectivity index (χ0n) is 15.4. The van der Waals surface area contributed by atoms with Crippen LogP contribution in [-0.4, -0.2) is 19.6 Å². The molecule has 0 saturated heterocycles. The lowest BCUT2D eigenvalue weighted by atomic mass is 10.1. The van der Waals surface area contributed by atoms with Crippen molar-refractivity contribution in [1.29, 1.82) is 5.26 Å². The summed E-state index contributed by atoms with van der Waals surface area (Å²) < 4.78 is 18.7. The fourth-order valence-corrected chi connectivity index (χ4v) is 2.70. The van der Waals surface area contributed by atoms with Crippen LogP contribution in [0.4, 0.5) is 10.1 Å². The third kappa shape index (κ3) is 4.82. The van der Waals surface area contributed by atoms with Crippen LogP contribution in [0.5, 0.6) is 5.75 Å². The second-order valence-electron chi connectivity index (χ2n) is 6.19. The van der Waals surface area contributed by atoms with Gasteiger partial charge in [0.25, 0.3) is 0 Å². The molecule has 0 aliphatic rings. The summed E-state index contributed by atoms with van der Waals surface area (Å²) in [6.07, 6.45) is 0.924. The van der Waals surface area contributed by atoms with E-state index in [2.05, 4.69) is 6.07 Å². The molecule has 2 rings (SSSR count). The van der Waals surface area contributed by atoms with Crippen LogP contribution < -0.4 is 9.64 Å². The standard InChI is InChI=1S/C21H23FN2O2/c1-15-5-8-18(13-16(15)2)24(12-4-11-23)21(25)10-7-17-6-9-20(26-3)19(22)14-17/h5-6,8-9,13-14H,4,7,10,12H2,1-3H3. The summed E-state index contributed by atoms with van der Waals surface area (Å²) in [6, 6.07) is 12.6. The quantitative estimate of drug-likeness (QED) is 0.744. The summed E-state index contributed by atoms with van der Waals surface area (Å²) in [5, 5.41) is 8.89. The minimum absolute atomic E-state index is 0.0836. The van der Waals surface area contributed by atoms with Crippen molar-refractivity contribution in [3.05, 3.63) is 58.9 Å². The fraction of sp³-hybridized carbons (Fsp3) is 0.333. The van der Waals surface area contributed by atoms with E-state index in [1.165, 1.54) is 13.2 Å². The van der Waals surface area contributed by atoms with Crippen LogP contribution in [0.25, 0.3) is 0 Å². The number of nitrogens with zero attached hydrogens (tertiary/aromatic N) is 2. The number of ether oxygens (including phenoxy) is 1. The number of aryl methyl sites for hydroxylation is 3. The van der Waals surface area contributed by atoms with Gasteiger partial charge in [-0.15, -0.1) is 0 Å². The first-order chi connectivity index (χ1) is 12.5. The number of carbonyl (C=O) groups excluding carboxylic acids is 1. The molecule has 4 nitrogen and oxygen atoms in total. The Bertz CT molecular complexity index is 827. The Morgan fingerprint density at radius 3 is 2.58 bits per heavy atom. The maximum atomic E-state index is 13.8. The Kier molecular flexibility index (Phi) is 6.74. The van der Waals surface area contributed by atoms with Gasteiger partial charge in [-0.1, -0.05) is 12.1 Å². The van der Waals surface area contributed by atoms with Crippen LogP contribution in [0.2, 0.25) is 0 Å². The third-order valence-electron chi connectivity index (χ3n) is 4.39. The molecule has 1 amide bonds. The van der Waals surface area contributed by atoms with Gasteiger partial charge in [0.1, 0.15) is 0 Å². The van der Waals surface area contributed by atoms with Gasteiger partial charge in [-0.2, -0.15) is 5.26 Å². The summed E-state index contributed by atoms with van der Waals surface area (Å²) in [4.78, 5) is 14.4. The van der Waals surface area contributed by atoms with Gasteiger partial charge in [0, 0.05) is 18.7 Å². The summed E-state index contributed by atoms with van der Waals surface area (Å²) >= 11 is 0. The second-order valence-corrected chi connectivity index (χ2v) is 6.19. The molecular formula is C21H23FN2O2. The number of rotatable bonds is 7. The van der Waals surface area contributed by atoms with Gasteiger partial charge in [-0.05, 0) is 61.2 Å². The van der Waals surface area contributed by atoms with Crippen LogP contribution in [0.1, 0.15) is 29.5 Å². The molecule has 5 heteroatoms. The summed E-state index contributed by atoms with van der Waals surface area (Å²) in [7, 11) is 1.41. The number of hydrogen-bond acceptors (Lipinski definition) is 3. The number of nitriles is 1. The average molecular weight is 354 g/mol. The number of anilines is 1. The molecule has 0 unspecified atom stereocenters. The van der Waals surface area contributed by atoms with Crippen molar-refractivity contribution in [1.82, 2.24) is 0 Å². The molecule has 0 saturated carbocycles. The minimum Gasteiger partial charge on any atom is -0.494 e. The molecule has 136 valence electrons. The van der Waals surface area contributed by atoms with E-state index in [-0.39, 0.29) is 24.5 Å². The predicted octanol–water partition coefficient (Wildman–Crippen LogP) is 4.33. The number of halogens is 1. The molecule has 0 spiro atoms. The SMILES string of the molecule is COc1ccc(CCC(=O)N(CCC#N)c2ccc(C)c(C)c2)cc1F. The summed E-state index contributed by atoms with van der Waals surface area (Å²) in [5.41, 5.74) is 3.76. The largest absolute Gasteiger partial charge is 0.494 e. The molecule has 0 N–H and O–H groups in total. The van der Waals surface area contributed by atoms with E-state index in [9.17, 15) is 9.18 Å². The number of carbonyl (C=O) groups is 1. The minimum atomic E-state index is -0.437. The van der Waals surface area contributed by atoms with Gasteiger partial charge in [0.2, 0.25) is 5.91 Å². The van der Waals surface area contributed by atoms with Crippen molar-refractivity contribution in [3.63, 3.8) is 0 Å². The Labute approximate surface area is 153 Å². The highest BCUT2D eigenvalue weighted by atomic mass is 19.1. The smallest absolute Gasteiger partial charge is 0.227 e. The number of methoxy groups -OCH3 is 1. The zero-order valence-corrected chi connectivity index (χ0v) is 15.4. The van der Waals surface area contributed by atoms with Crippen LogP contribution >= 0.6 is 0 Å². The molecule has 26 heavy (non-hydrogen) atoms. The van der Waals surface area contributed by atoms with Crippen LogP contribution in [-0.2, 0) is 11.2 Å². The Balaban J connectivity index is 2.12. The summed E-state index contributed by atoms with van der Waals surface area (Å²) in [5.74, 6) is -0.335. The van der Waals surface area contributed by atoms with E-state index < -0.39 is 5.82 Å². The number of hydrogen-bond donors (Lipinski definition) is 0. The van der Waals surface area contributed by atoms with Crippen molar-refractivity contribution in [2.75, 3.05) is 18.6 Å². The van der Waals surface area contributed by atoms with Crippen molar-refractivity contribution >= 4 is 11.6 Å². The molecule has 0 atom stereocenters. The highest BCUT2D eigenvalue weighted by Gasteiger charge is 2.16. The first kappa shape index (κ1) is 19.5. The highest BCUT2D eigenvalue weighted by Crippen LogP contribution is 2.22. The highest BCUT2D eigenvalue weighted by molar-refractivity contribution is 5.93. The van der Waals surface area contributed by atoms with Crippen molar-refractivity contribution in [2.24, 2.45) is 0 Å². The summed E-state index contributed by atoms with van der Waals surface area (Å²) in [6.45, 7) is 4.35. The molecule has 2 aromatic rings. The Hall–Kier alpha value is -2.87. The van der Waals surface area contributed by atoms with E-state index in [0.717, 1.165) is 22.4 Å². The normalized spacial score (nSPS) is 10.3. The van der Waals surface area contributed by atoms with Crippen molar-refractivity contribution in [2.45, 2.75) is 33.1 Å². The maximum Gasteiger partial charge on any atom is 0.227 e. The van der Waals surface area contributed by atoms with Crippen molar-refractivity contribution < 1.29 is 13.9 Å². The lowest BCUT2D eigenvalue weighted by molar-refractivity contribution is -0.118. The molecule has 0 heterocycles. The monoisotopic (exact) mass is 354 g/mol. The molecule has 0 radical (unpaired) electrons. The predicted molar refractivity (Wildman–Crippen MR) is 99.8 cm³/mol. The first-order valence-corrected chi connectivity index (χ1v) is 8.53. The fourth-order valence-electron chi connectivity index (χ4n) is 2.70. The lowest BCUT2D eigenvalue weighted by Gasteiger charge is -2.23. The van der Waals surface area contributed by atoms with Crippen LogP contribution in [0.15, 0.2) is 36.4 Å². The topological polar surface area (TPSA) is 53.3 Å². The maximum absolute atomic E-state index is 13.8. The third-order valence-corrected chi connectivity index (χ3v) is 4.39. The first-order valence-electron chi connectivity index (χ1n) is 8.53. The molecule has 0 fully saturated rings. The van der Waals surface area contributed by atoms with Gasteiger partial charge in [0.05, 0.1) is 19.6 Å². The van der Waals surface area contributed by atoms with E-state index in [1.54, 1.807) is 17.0 Å². The average Bonchev–Trinajstić information content (AvgIpc) is 2.63. The number of benzene rings is 2. The second kappa shape index (κ2) is 9.00. The van der Waals surface area contributed by atoms with Crippen LogP contribution in [0, 0.1) is 31.0 Å². The zero-order chi connectivity index (χ0) is 19.1. The Morgan fingerprint density at radius 1 is 1.19 bits per heavy atom. The van der Waals surface area contributed by atoms with E-state index >= 15 is 0 Å². The van der Waals surface area contributed by atoms with Gasteiger partial charge in [0.15, 0.2) is 11.6 Å². The van der Waals surface area contributed by atoms with E-state index in [1.807, 2.05) is 32.0 Å². The van der Waals surface area contributed by atoms with Gasteiger partial charge in [-0.25, -0.2) is 4.39 Å². The number of amides is 1. The lowest BCUT2D eigenvalue weighted by Crippen LogP contribution is -2.32. The molecule has 0 aromatic heterocycles. The molecule has 2 aromatic carbocycles. The van der Waals surface area contributed by atoms with E-state index in [4.69, 9.17) is 10.00 Å². The van der Waals surface area contributed by atoms with Gasteiger partial charge < -0.3 is 9.64 Å². The van der Waals surface area contributed by atoms with Crippen LogP contribution in [0.3, 0.4) is 0 Å². The molecule has 0 aliphatic carbocycles.